The maximum Gasteiger partial charge on any atom is 0.337 e. The number of carboxylic acids is 1. The molecule has 1 N–H and O–H groups in total. The summed E-state index contributed by atoms with van der Waals surface area (Å²) in [5.74, 6) is -0.115. The number of nitrogens with zero attached hydrogens (tertiary/aromatic N) is 2. The van der Waals surface area contributed by atoms with Crippen LogP contribution in [0.4, 0.5) is 11.5 Å². The molecule has 4 heteroatoms. The van der Waals surface area contributed by atoms with Crippen molar-refractivity contribution in [1.29, 1.82) is 0 Å². The number of aryl methyl sites for hydroxylation is 2. The van der Waals surface area contributed by atoms with Crippen molar-refractivity contribution in [2.45, 2.75) is 32.7 Å². The van der Waals surface area contributed by atoms with Gasteiger partial charge in [-0.25, -0.2) is 9.78 Å². The number of carbonyl (C=O) groups is 1. The fourth-order valence-corrected chi connectivity index (χ4v) is 2.95. The molecule has 1 unspecified atom stereocenters. The van der Waals surface area contributed by atoms with Crippen LogP contribution in [0.1, 0.15) is 35.0 Å². The Morgan fingerprint density at radius 3 is 2.76 bits per heavy atom. The van der Waals surface area contributed by atoms with Gasteiger partial charge in [-0.3, -0.25) is 0 Å². The number of rotatable bonds is 2. The van der Waals surface area contributed by atoms with Crippen molar-refractivity contribution in [2.75, 3.05) is 4.90 Å². The zero-order valence-corrected chi connectivity index (χ0v) is 12.2. The van der Waals surface area contributed by atoms with Gasteiger partial charge in [0, 0.05) is 11.7 Å². The van der Waals surface area contributed by atoms with Crippen molar-refractivity contribution >= 4 is 17.5 Å². The third-order valence-corrected chi connectivity index (χ3v) is 4.07. The van der Waals surface area contributed by atoms with Crippen LogP contribution in [-0.4, -0.2) is 22.1 Å². The Hall–Kier alpha value is -2.36. The molecule has 1 aliphatic heterocycles. The quantitative estimate of drug-likeness (QED) is 0.915. The SMILES string of the molecule is Cc1nc(N2c3ccccc3CCC2C)ccc1C(=O)O. The van der Waals surface area contributed by atoms with Gasteiger partial charge in [-0.05, 0) is 50.5 Å². The average Bonchev–Trinajstić information content (AvgIpc) is 2.46. The standard InChI is InChI=1S/C17H18N2O2/c1-11-7-8-13-5-3-4-6-15(13)19(11)16-10-9-14(17(20)21)12(2)18-16/h3-6,9-11H,7-8H2,1-2H3,(H,20,21). The first-order chi connectivity index (χ1) is 10.1. The molecule has 1 atom stereocenters. The fraction of sp³-hybridized carbons (Fsp3) is 0.294. The lowest BCUT2D eigenvalue weighted by Crippen LogP contribution is -2.34. The largest absolute Gasteiger partial charge is 0.478 e. The topological polar surface area (TPSA) is 53.4 Å². The second-order valence-electron chi connectivity index (χ2n) is 5.49. The maximum atomic E-state index is 11.1. The molecule has 4 nitrogen and oxygen atoms in total. The molecule has 108 valence electrons. The van der Waals surface area contributed by atoms with Crippen LogP contribution >= 0.6 is 0 Å². The highest BCUT2D eigenvalue weighted by atomic mass is 16.4. The van der Waals surface area contributed by atoms with Gasteiger partial charge in [0.2, 0.25) is 0 Å². The molecule has 0 spiro atoms. The summed E-state index contributed by atoms with van der Waals surface area (Å²) in [4.78, 5) is 17.8. The number of para-hydroxylation sites is 1. The van der Waals surface area contributed by atoms with Crippen LogP contribution in [0.15, 0.2) is 36.4 Å². The smallest absolute Gasteiger partial charge is 0.337 e. The van der Waals surface area contributed by atoms with Gasteiger partial charge in [0.25, 0.3) is 0 Å². The summed E-state index contributed by atoms with van der Waals surface area (Å²) in [5.41, 5.74) is 3.30. The Kier molecular flexibility index (Phi) is 3.37. The molecular formula is C17H18N2O2. The van der Waals surface area contributed by atoms with Gasteiger partial charge in [-0.2, -0.15) is 0 Å². The monoisotopic (exact) mass is 282 g/mol. The molecule has 0 saturated carbocycles. The van der Waals surface area contributed by atoms with E-state index in [0.29, 0.717) is 11.7 Å². The molecule has 0 saturated heterocycles. The second kappa shape index (κ2) is 5.20. The third kappa shape index (κ3) is 2.37. The molecule has 3 rings (SSSR count). The Bertz CT molecular complexity index is 697. The molecule has 0 bridgehead atoms. The van der Waals surface area contributed by atoms with Gasteiger partial charge in [-0.1, -0.05) is 18.2 Å². The second-order valence-corrected chi connectivity index (χ2v) is 5.49. The van der Waals surface area contributed by atoms with E-state index in [1.54, 1.807) is 19.1 Å². The van der Waals surface area contributed by atoms with Crippen molar-refractivity contribution < 1.29 is 9.90 Å². The third-order valence-electron chi connectivity index (χ3n) is 4.07. The number of benzene rings is 1. The van der Waals surface area contributed by atoms with E-state index in [0.717, 1.165) is 18.7 Å². The van der Waals surface area contributed by atoms with Gasteiger partial charge >= 0.3 is 5.97 Å². The van der Waals surface area contributed by atoms with Crippen LogP contribution in [0.25, 0.3) is 0 Å². The van der Waals surface area contributed by atoms with Gasteiger partial charge in [0.15, 0.2) is 0 Å². The Morgan fingerprint density at radius 2 is 2.05 bits per heavy atom. The summed E-state index contributed by atoms with van der Waals surface area (Å²) >= 11 is 0. The van der Waals surface area contributed by atoms with E-state index in [-0.39, 0.29) is 5.56 Å². The molecule has 21 heavy (non-hydrogen) atoms. The van der Waals surface area contributed by atoms with E-state index in [1.807, 2.05) is 6.07 Å². The van der Waals surface area contributed by atoms with E-state index in [1.165, 1.54) is 11.3 Å². The zero-order chi connectivity index (χ0) is 15.0. The van der Waals surface area contributed by atoms with E-state index in [4.69, 9.17) is 5.11 Å². The first-order valence-electron chi connectivity index (χ1n) is 7.16. The highest BCUT2D eigenvalue weighted by Gasteiger charge is 2.25. The summed E-state index contributed by atoms with van der Waals surface area (Å²) in [6, 6.07) is 12.1. The number of aromatic nitrogens is 1. The zero-order valence-electron chi connectivity index (χ0n) is 12.2. The molecule has 0 radical (unpaired) electrons. The van der Waals surface area contributed by atoms with Crippen LogP contribution in [0.5, 0.6) is 0 Å². The molecule has 0 aliphatic carbocycles. The number of pyridine rings is 1. The molecular weight excluding hydrogens is 264 g/mol. The van der Waals surface area contributed by atoms with Crippen molar-refractivity contribution in [3.8, 4) is 0 Å². The lowest BCUT2D eigenvalue weighted by atomic mass is 9.96. The van der Waals surface area contributed by atoms with Crippen LogP contribution < -0.4 is 4.90 Å². The molecule has 1 aromatic heterocycles. The van der Waals surface area contributed by atoms with Gasteiger partial charge < -0.3 is 10.0 Å². The van der Waals surface area contributed by atoms with E-state index >= 15 is 0 Å². The van der Waals surface area contributed by atoms with Crippen molar-refractivity contribution in [3.63, 3.8) is 0 Å². The predicted octanol–water partition coefficient (Wildman–Crippen LogP) is 3.56. The molecule has 1 aromatic carbocycles. The Labute approximate surface area is 124 Å². The summed E-state index contributed by atoms with van der Waals surface area (Å²) in [5, 5.41) is 9.12. The van der Waals surface area contributed by atoms with Crippen LogP contribution in [0.3, 0.4) is 0 Å². The van der Waals surface area contributed by atoms with Crippen molar-refractivity contribution in [2.24, 2.45) is 0 Å². The maximum absolute atomic E-state index is 11.1. The average molecular weight is 282 g/mol. The number of hydrogen-bond acceptors (Lipinski definition) is 3. The van der Waals surface area contributed by atoms with Crippen LogP contribution in [0.2, 0.25) is 0 Å². The fourth-order valence-electron chi connectivity index (χ4n) is 2.95. The number of aromatic carboxylic acids is 1. The summed E-state index contributed by atoms with van der Waals surface area (Å²) in [6.07, 6.45) is 2.14. The van der Waals surface area contributed by atoms with Crippen LogP contribution in [-0.2, 0) is 6.42 Å². The van der Waals surface area contributed by atoms with Crippen molar-refractivity contribution in [1.82, 2.24) is 4.98 Å². The predicted molar refractivity (Wildman–Crippen MR) is 82.3 cm³/mol. The lowest BCUT2D eigenvalue weighted by molar-refractivity contribution is 0.0695. The molecule has 2 aromatic rings. The summed E-state index contributed by atoms with van der Waals surface area (Å²) < 4.78 is 0. The Morgan fingerprint density at radius 1 is 1.29 bits per heavy atom. The number of hydrogen-bond donors (Lipinski definition) is 1. The van der Waals surface area contributed by atoms with Crippen molar-refractivity contribution in [3.05, 3.63) is 53.2 Å². The highest BCUT2D eigenvalue weighted by Crippen LogP contribution is 2.35. The Balaban J connectivity index is 2.07. The number of fused-ring (bicyclic) bond motifs is 1. The molecule has 0 fully saturated rings. The number of anilines is 2. The first-order valence-corrected chi connectivity index (χ1v) is 7.16. The van der Waals surface area contributed by atoms with E-state index < -0.39 is 5.97 Å². The minimum absolute atomic E-state index is 0.261. The minimum atomic E-state index is -0.932. The normalized spacial score (nSPS) is 17.4. The van der Waals surface area contributed by atoms with E-state index in [2.05, 4.69) is 35.0 Å². The summed E-state index contributed by atoms with van der Waals surface area (Å²) in [7, 11) is 0. The van der Waals surface area contributed by atoms with Gasteiger partial charge in [0.05, 0.1) is 11.3 Å². The first kappa shape index (κ1) is 13.6. The van der Waals surface area contributed by atoms with Gasteiger partial charge in [-0.15, -0.1) is 0 Å². The summed E-state index contributed by atoms with van der Waals surface area (Å²) in [6.45, 7) is 3.92. The van der Waals surface area contributed by atoms with Gasteiger partial charge in [0.1, 0.15) is 5.82 Å². The van der Waals surface area contributed by atoms with E-state index in [9.17, 15) is 4.79 Å². The minimum Gasteiger partial charge on any atom is -0.478 e. The van der Waals surface area contributed by atoms with Crippen LogP contribution in [0, 0.1) is 6.92 Å². The molecule has 2 heterocycles. The molecule has 1 aliphatic rings. The number of carboxylic acid groups (broad SMARTS) is 1. The lowest BCUT2D eigenvalue weighted by Gasteiger charge is -2.36. The highest BCUT2D eigenvalue weighted by molar-refractivity contribution is 5.89. The molecule has 0 amide bonds.